The van der Waals surface area contributed by atoms with Gasteiger partial charge in [-0.1, -0.05) is 64.6 Å². The predicted octanol–water partition coefficient (Wildman–Crippen LogP) is 6.49. The number of aromatic nitrogens is 2. The SMILES string of the molecule is Clc1ccc(-c2nc(Cl)c(-c3ccccc3Cl)c(Cl)n2)s1. The van der Waals surface area contributed by atoms with Crippen LogP contribution in [0.1, 0.15) is 0 Å². The van der Waals surface area contributed by atoms with Gasteiger partial charge in [0.1, 0.15) is 10.3 Å². The van der Waals surface area contributed by atoms with Crippen LogP contribution in [0, 0.1) is 0 Å². The average Bonchev–Trinajstić information content (AvgIpc) is 2.87. The van der Waals surface area contributed by atoms with Gasteiger partial charge >= 0.3 is 0 Å². The molecule has 0 saturated heterocycles. The first-order chi connectivity index (χ1) is 10.1. The summed E-state index contributed by atoms with van der Waals surface area (Å²) in [4.78, 5) is 9.40. The smallest absolute Gasteiger partial charge is 0.172 e. The molecule has 3 aromatic rings. The highest BCUT2D eigenvalue weighted by atomic mass is 35.5. The van der Waals surface area contributed by atoms with Crippen LogP contribution in [0.4, 0.5) is 0 Å². The van der Waals surface area contributed by atoms with Gasteiger partial charge in [0.15, 0.2) is 5.82 Å². The second-order valence-corrected chi connectivity index (χ2v) is 6.93. The standard InChI is InChI=1S/C14H6Cl4N2S/c15-8-4-2-1-3-7(8)11-12(17)19-14(20-13(11)18)9-5-6-10(16)21-9/h1-6H. The lowest BCUT2D eigenvalue weighted by molar-refractivity contribution is 1.19. The lowest BCUT2D eigenvalue weighted by Gasteiger charge is -2.09. The van der Waals surface area contributed by atoms with E-state index in [0.29, 0.717) is 26.3 Å². The molecule has 0 aliphatic rings. The quantitative estimate of drug-likeness (QED) is 0.478. The van der Waals surface area contributed by atoms with Crippen molar-refractivity contribution in [3.63, 3.8) is 0 Å². The van der Waals surface area contributed by atoms with E-state index in [1.807, 2.05) is 24.3 Å². The number of rotatable bonds is 2. The zero-order chi connectivity index (χ0) is 15.0. The van der Waals surface area contributed by atoms with Crippen molar-refractivity contribution in [3.05, 3.63) is 56.1 Å². The van der Waals surface area contributed by atoms with Crippen LogP contribution in [-0.2, 0) is 0 Å². The van der Waals surface area contributed by atoms with Gasteiger partial charge in [-0.2, -0.15) is 0 Å². The van der Waals surface area contributed by atoms with Crippen LogP contribution in [0.25, 0.3) is 21.8 Å². The molecule has 0 fully saturated rings. The van der Waals surface area contributed by atoms with E-state index in [9.17, 15) is 0 Å². The van der Waals surface area contributed by atoms with Gasteiger partial charge in [0.25, 0.3) is 0 Å². The Hall–Kier alpha value is -0.840. The number of hydrogen-bond donors (Lipinski definition) is 0. The molecule has 0 unspecified atom stereocenters. The van der Waals surface area contributed by atoms with E-state index in [1.165, 1.54) is 11.3 Å². The fraction of sp³-hybridized carbons (Fsp3) is 0. The number of thiophene rings is 1. The van der Waals surface area contributed by atoms with Crippen molar-refractivity contribution >= 4 is 57.7 Å². The molecule has 0 radical (unpaired) electrons. The molecule has 0 amide bonds. The molecule has 0 bridgehead atoms. The Bertz CT molecular complexity index is 793. The highest BCUT2D eigenvalue weighted by Gasteiger charge is 2.17. The van der Waals surface area contributed by atoms with Gasteiger partial charge in [0, 0.05) is 10.6 Å². The lowest BCUT2D eigenvalue weighted by atomic mass is 10.1. The predicted molar refractivity (Wildman–Crippen MR) is 90.8 cm³/mol. The van der Waals surface area contributed by atoms with Crippen molar-refractivity contribution in [1.82, 2.24) is 9.97 Å². The monoisotopic (exact) mass is 374 g/mol. The summed E-state index contributed by atoms with van der Waals surface area (Å²) in [6.45, 7) is 0. The highest BCUT2D eigenvalue weighted by Crippen LogP contribution is 2.38. The zero-order valence-electron chi connectivity index (χ0n) is 10.3. The summed E-state index contributed by atoms with van der Waals surface area (Å²) in [6, 6.07) is 10.9. The minimum absolute atomic E-state index is 0.252. The molecule has 7 heteroatoms. The van der Waals surface area contributed by atoms with Gasteiger partial charge in [-0.05, 0) is 18.2 Å². The molecule has 0 aliphatic carbocycles. The Morgan fingerprint density at radius 1 is 0.810 bits per heavy atom. The molecule has 1 aromatic carbocycles. The molecule has 0 atom stereocenters. The number of benzene rings is 1. The summed E-state index contributed by atoms with van der Waals surface area (Å²) in [6.07, 6.45) is 0. The van der Waals surface area contributed by atoms with Gasteiger partial charge in [-0.3, -0.25) is 0 Å². The van der Waals surface area contributed by atoms with Gasteiger partial charge in [0.2, 0.25) is 0 Å². The second kappa shape index (κ2) is 6.11. The van der Waals surface area contributed by atoms with E-state index in [4.69, 9.17) is 46.4 Å². The molecule has 0 spiro atoms. The summed E-state index contributed by atoms with van der Waals surface area (Å²) < 4.78 is 0.649. The van der Waals surface area contributed by atoms with Crippen LogP contribution in [0.5, 0.6) is 0 Å². The fourth-order valence-corrected chi connectivity index (χ4v) is 3.64. The number of nitrogens with zero attached hydrogens (tertiary/aromatic N) is 2. The van der Waals surface area contributed by atoms with E-state index in [-0.39, 0.29) is 10.3 Å². The Labute approximate surface area is 145 Å². The van der Waals surface area contributed by atoms with Gasteiger partial charge < -0.3 is 0 Å². The van der Waals surface area contributed by atoms with Crippen LogP contribution in [0.2, 0.25) is 19.7 Å². The summed E-state index contributed by atoms with van der Waals surface area (Å²) in [7, 11) is 0. The normalized spacial score (nSPS) is 10.9. The molecule has 2 aromatic heterocycles. The van der Waals surface area contributed by atoms with Crippen molar-refractivity contribution < 1.29 is 0 Å². The zero-order valence-corrected chi connectivity index (χ0v) is 14.1. The maximum absolute atomic E-state index is 6.28. The topological polar surface area (TPSA) is 25.8 Å². The van der Waals surface area contributed by atoms with Gasteiger partial charge in [-0.15, -0.1) is 11.3 Å². The van der Waals surface area contributed by atoms with Crippen molar-refractivity contribution in [3.8, 4) is 21.8 Å². The molecule has 3 rings (SSSR count). The lowest BCUT2D eigenvalue weighted by Crippen LogP contribution is -1.93. The Morgan fingerprint density at radius 3 is 2.05 bits per heavy atom. The Kier molecular flexibility index (Phi) is 4.38. The Balaban J connectivity index is 2.15. The van der Waals surface area contributed by atoms with Crippen LogP contribution >= 0.6 is 57.7 Å². The van der Waals surface area contributed by atoms with E-state index in [2.05, 4.69) is 9.97 Å². The third-order valence-corrected chi connectivity index (χ3v) is 4.86. The molecular formula is C14H6Cl4N2S. The summed E-state index contributed by atoms with van der Waals surface area (Å²) in [5.41, 5.74) is 1.22. The second-order valence-electron chi connectivity index (χ2n) is 4.09. The van der Waals surface area contributed by atoms with Crippen molar-refractivity contribution in [2.24, 2.45) is 0 Å². The number of halogens is 4. The Morgan fingerprint density at radius 2 is 1.48 bits per heavy atom. The van der Waals surface area contributed by atoms with Crippen LogP contribution < -0.4 is 0 Å². The molecular weight excluding hydrogens is 370 g/mol. The first-order valence-electron chi connectivity index (χ1n) is 5.80. The van der Waals surface area contributed by atoms with E-state index < -0.39 is 0 Å². The molecule has 2 nitrogen and oxygen atoms in total. The summed E-state index contributed by atoms with van der Waals surface area (Å²) in [5, 5.41) is 1.04. The fourth-order valence-electron chi connectivity index (χ4n) is 1.84. The minimum Gasteiger partial charge on any atom is -0.215 e. The maximum Gasteiger partial charge on any atom is 0.172 e. The third-order valence-electron chi connectivity index (χ3n) is 2.76. The summed E-state index contributed by atoms with van der Waals surface area (Å²) >= 11 is 26.0. The van der Waals surface area contributed by atoms with E-state index >= 15 is 0 Å². The molecule has 0 saturated carbocycles. The number of hydrogen-bond acceptors (Lipinski definition) is 3. The molecule has 106 valence electrons. The molecule has 0 aliphatic heterocycles. The third kappa shape index (κ3) is 3.03. The molecule has 2 heterocycles. The van der Waals surface area contributed by atoms with Gasteiger partial charge in [0.05, 0.1) is 14.8 Å². The minimum atomic E-state index is 0.252. The molecule has 21 heavy (non-hydrogen) atoms. The van der Waals surface area contributed by atoms with Crippen LogP contribution in [0.3, 0.4) is 0 Å². The maximum atomic E-state index is 6.28. The van der Waals surface area contributed by atoms with E-state index in [0.717, 1.165) is 4.88 Å². The highest BCUT2D eigenvalue weighted by molar-refractivity contribution is 7.19. The largest absolute Gasteiger partial charge is 0.215 e. The first-order valence-corrected chi connectivity index (χ1v) is 8.12. The summed E-state index contributed by atoms with van der Waals surface area (Å²) in [5.74, 6) is 0.442. The van der Waals surface area contributed by atoms with Crippen LogP contribution in [0.15, 0.2) is 36.4 Å². The van der Waals surface area contributed by atoms with Crippen molar-refractivity contribution in [2.75, 3.05) is 0 Å². The van der Waals surface area contributed by atoms with Gasteiger partial charge in [-0.25, -0.2) is 9.97 Å². The molecule has 0 N–H and O–H groups in total. The first kappa shape index (κ1) is 15.1. The van der Waals surface area contributed by atoms with Crippen LogP contribution in [-0.4, -0.2) is 9.97 Å². The average molecular weight is 376 g/mol. The van der Waals surface area contributed by atoms with E-state index in [1.54, 1.807) is 12.1 Å². The van der Waals surface area contributed by atoms with Crippen molar-refractivity contribution in [1.29, 1.82) is 0 Å². The van der Waals surface area contributed by atoms with Crippen molar-refractivity contribution in [2.45, 2.75) is 0 Å².